The van der Waals surface area contributed by atoms with E-state index < -0.39 is 0 Å². The highest BCUT2D eigenvalue weighted by Crippen LogP contribution is 2.25. The summed E-state index contributed by atoms with van der Waals surface area (Å²) in [4.78, 5) is 14.7. The zero-order chi connectivity index (χ0) is 19.9. The van der Waals surface area contributed by atoms with Crippen molar-refractivity contribution in [3.63, 3.8) is 0 Å². The molecule has 6 heteroatoms. The summed E-state index contributed by atoms with van der Waals surface area (Å²) < 4.78 is 24.6. The third-order valence-electron chi connectivity index (χ3n) is 5.19. The second-order valence-corrected chi connectivity index (χ2v) is 6.94. The fourth-order valence-corrected chi connectivity index (χ4v) is 3.65. The number of carbonyl (C=O) groups excluding carboxylic acids is 1. The number of ether oxygens (including phenoxy) is 2. The van der Waals surface area contributed by atoms with E-state index in [1.807, 2.05) is 24.3 Å². The van der Waals surface area contributed by atoms with Gasteiger partial charge in [-0.3, -0.25) is 9.69 Å². The molecule has 0 aliphatic carbocycles. The molecule has 3 rings (SSSR count). The number of hydrogen-bond donors (Lipinski definition) is 1. The molecule has 1 aliphatic rings. The van der Waals surface area contributed by atoms with E-state index >= 15 is 0 Å². The summed E-state index contributed by atoms with van der Waals surface area (Å²) in [5, 5.41) is 3.02. The Kier molecular flexibility index (Phi) is 6.87. The van der Waals surface area contributed by atoms with E-state index in [1.165, 1.54) is 6.07 Å². The van der Waals surface area contributed by atoms with E-state index in [0.29, 0.717) is 25.1 Å². The lowest BCUT2D eigenvalue weighted by atomic mass is 10.1. The molecule has 1 amide bonds. The first-order valence-corrected chi connectivity index (χ1v) is 9.58. The van der Waals surface area contributed by atoms with Gasteiger partial charge in [0.15, 0.2) is 0 Å². The summed E-state index contributed by atoms with van der Waals surface area (Å²) in [6.07, 6.45) is 2.41. The quantitative estimate of drug-likeness (QED) is 0.757. The molecule has 150 valence electrons. The Morgan fingerprint density at radius 2 is 2.00 bits per heavy atom. The normalized spacial score (nSPS) is 16.8. The van der Waals surface area contributed by atoms with Crippen molar-refractivity contribution in [2.75, 3.05) is 27.3 Å². The van der Waals surface area contributed by atoms with Gasteiger partial charge in [0.1, 0.15) is 17.3 Å². The third-order valence-corrected chi connectivity index (χ3v) is 5.19. The standard InChI is InChI=1S/C22H27FN2O3/c1-27-18-10-9-16(21(14-18)28-2)11-12-24-22(26)20-8-5-13-25(20)15-17-6-3-4-7-19(17)23/h3-4,6-7,9-10,14,20H,5,8,11-13,15H2,1-2H3,(H,24,26). The molecule has 5 nitrogen and oxygen atoms in total. The number of rotatable bonds is 8. The molecule has 28 heavy (non-hydrogen) atoms. The molecule has 1 atom stereocenters. The van der Waals surface area contributed by atoms with Crippen molar-refractivity contribution < 1.29 is 18.7 Å². The van der Waals surface area contributed by atoms with Crippen LogP contribution in [0.1, 0.15) is 24.0 Å². The number of nitrogens with one attached hydrogen (secondary N) is 1. The minimum Gasteiger partial charge on any atom is -0.497 e. The maximum atomic E-state index is 13.9. The number of carbonyl (C=O) groups is 1. The Morgan fingerprint density at radius 1 is 1.18 bits per heavy atom. The Bertz CT molecular complexity index is 812. The van der Waals surface area contributed by atoms with Crippen molar-refractivity contribution in [3.05, 3.63) is 59.4 Å². The fourth-order valence-electron chi connectivity index (χ4n) is 3.65. The van der Waals surface area contributed by atoms with Crippen LogP contribution in [-0.4, -0.2) is 44.2 Å². The summed E-state index contributed by atoms with van der Waals surface area (Å²) in [6.45, 7) is 1.78. The van der Waals surface area contributed by atoms with Gasteiger partial charge in [0.25, 0.3) is 0 Å². The maximum absolute atomic E-state index is 13.9. The monoisotopic (exact) mass is 386 g/mol. The zero-order valence-corrected chi connectivity index (χ0v) is 16.4. The topological polar surface area (TPSA) is 50.8 Å². The van der Waals surface area contributed by atoms with Crippen molar-refractivity contribution in [2.24, 2.45) is 0 Å². The molecular formula is C22H27FN2O3. The Labute approximate surface area is 165 Å². The first-order valence-electron chi connectivity index (χ1n) is 9.58. The second-order valence-electron chi connectivity index (χ2n) is 6.94. The minimum absolute atomic E-state index is 0.00122. The molecule has 1 unspecified atom stereocenters. The molecule has 1 heterocycles. The van der Waals surface area contributed by atoms with E-state index in [4.69, 9.17) is 9.47 Å². The van der Waals surface area contributed by atoms with Crippen LogP contribution < -0.4 is 14.8 Å². The number of hydrogen-bond acceptors (Lipinski definition) is 4. The van der Waals surface area contributed by atoms with Crippen molar-refractivity contribution in [3.8, 4) is 11.5 Å². The predicted molar refractivity (Wildman–Crippen MR) is 106 cm³/mol. The van der Waals surface area contributed by atoms with Crippen LogP contribution in [0.5, 0.6) is 11.5 Å². The molecular weight excluding hydrogens is 359 g/mol. The summed E-state index contributed by atoms with van der Waals surface area (Å²) in [5.74, 6) is 1.26. The van der Waals surface area contributed by atoms with Crippen LogP contribution in [0, 0.1) is 5.82 Å². The first-order chi connectivity index (χ1) is 13.6. The van der Waals surface area contributed by atoms with Crippen LogP contribution in [-0.2, 0) is 17.8 Å². The second kappa shape index (κ2) is 9.55. The van der Waals surface area contributed by atoms with Gasteiger partial charge >= 0.3 is 0 Å². The Morgan fingerprint density at radius 3 is 2.75 bits per heavy atom. The van der Waals surface area contributed by atoms with E-state index in [1.54, 1.807) is 26.4 Å². The maximum Gasteiger partial charge on any atom is 0.237 e. The SMILES string of the molecule is COc1ccc(CCNC(=O)C2CCCN2Cc2ccccc2F)c(OC)c1. The number of methoxy groups -OCH3 is 2. The van der Waals surface area contributed by atoms with Gasteiger partial charge in [-0.25, -0.2) is 4.39 Å². The number of benzene rings is 2. The highest BCUT2D eigenvalue weighted by Gasteiger charge is 2.30. The molecule has 2 aromatic rings. The smallest absolute Gasteiger partial charge is 0.237 e. The predicted octanol–water partition coefficient (Wildman–Crippen LogP) is 3.17. The molecule has 1 saturated heterocycles. The van der Waals surface area contributed by atoms with E-state index in [0.717, 1.165) is 36.4 Å². The average Bonchev–Trinajstić information content (AvgIpc) is 3.18. The number of nitrogens with zero attached hydrogens (tertiary/aromatic N) is 1. The lowest BCUT2D eigenvalue weighted by Gasteiger charge is -2.24. The molecule has 2 aromatic carbocycles. The van der Waals surface area contributed by atoms with Crippen LogP contribution >= 0.6 is 0 Å². The first kappa shape index (κ1) is 20.1. The van der Waals surface area contributed by atoms with Gasteiger partial charge in [-0.15, -0.1) is 0 Å². The number of amides is 1. The molecule has 0 aromatic heterocycles. The minimum atomic E-state index is -0.222. The van der Waals surface area contributed by atoms with Crippen LogP contribution in [0.4, 0.5) is 4.39 Å². The van der Waals surface area contributed by atoms with Crippen molar-refractivity contribution in [2.45, 2.75) is 31.8 Å². The van der Waals surface area contributed by atoms with Gasteiger partial charge < -0.3 is 14.8 Å². The fraction of sp³-hybridized carbons (Fsp3) is 0.409. The lowest BCUT2D eigenvalue weighted by molar-refractivity contribution is -0.125. The van der Waals surface area contributed by atoms with Crippen molar-refractivity contribution >= 4 is 5.91 Å². The highest BCUT2D eigenvalue weighted by molar-refractivity contribution is 5.82. The van der Waals surface area contributed by atoms with Crippen LogP contribution in [0.2, 0.25) is 0 Å². The molecule has 0 radical (unpaired) electrons. The van der Waals surface area contributed by atoms with Crippen molar-refractivity contribution in [1.29, 1.82) is 0 Å². The van der Waals surface area contributed by atoms with Gasteiger partial charge in [0.2, 0.25) is 5.91 Å². The van der Waals surface area contributed by atoms with Crippen LogP contribution in [0.15, 0.2) is 42.5 Å². The van der Waals surface area contributed by atoms with E-state index in [-0.39, 0.29) is 17.8 Å². The van der Waals surface area contributed by atoms with Gasteiger partial charge in [0, 0.05) is 24.7 Å². The van der Waals surface area contributed by atoms with Gasteiger partial charge in [-0.05, 0) is 43.5 Å². The van der Waals surface area contributed by atoms with Gasteiger partial charge in [-0.2, -0.15) is 0 Å². The number of halogens is 1. The Balaban J connectivity index is 1.55. The van der Waals surface area contributed by atoms with Gasteiger partial charge in [0.05, 0.1) is 20.3 Å². The molecule has 1 aliphatic heterocycles. The van der Waals surface area contributed by atoms with Gasteiger partial charge in [-0.1, -0.05) is 24.3 Å². The zero-order valence-electron chi connectivity index (χ0n) is 16.4. The largest absolute Gasteiger partial charge is 0.497 e. The summed E-state index contributed by atoms with van der Waals surface area (Å²) in [6, 6.07) is 12.2. The number of likely N-dealkylation sites (tertiary alicyclic amines) is 1. The summed E-state index contributed by atoms with van der Waals surface area (Å²) in [7, 11) is 3.24. The molecule has 0 saturated carbocycles. The summed E-state index contributed by atoms with van der Waals surface area (Å²) >= 11 is 0. The van der Waals surface area contributed by atoms with E-state index in [2.05, 4.69) is 10.2 Å². The molecule has 1 N–H and O–H groups in total. The van der Waals surface area contributed by atoms with Crippen LogP contribution in [0.25, 0.3) is 0 Å². The average molecular weight is 386 g/mol. The molecule has 0 spiro atoms. The molecule has 0 bridgehead atoms. The lowest BCUT2D eigenvalue weighted by Crippen LogP contribution is -2.43. The molecule has 1 fully saturated rings. The summed E-state index contributed by atoms with van der Waals surface area (Å²) in [5.41, 5.74) is 1.64. The van der Waals surface area contributed by atoms with Crippen molar-refractivity contribution in [1.82, 2.24) is 10.2 Å². The van der Waals surface area contributed by atoms with Crippen LogP contribution in [0.3, 0.4) is 0 Å². The van der Waals surface area contributed by atoms with E-state index in [9.17, 15) is 9.18 Å². The Hall–Kier alpha value is -2.60. The third kappa shape index (κ3) is 4.81. The highest BCUT2D eigenvalue weighted by atomic mass is 19.1.